The van der Waals surface area contributed by atoms with E-state index in [9.17, 15) is 13.2 Å². The fourth-order valence-corrected chi connectivity index (χ4v) is 3.23. The van der Waals surface area contributed by atoms with Gasteiger partial charge in [-0.1, -0.05) is 30.3 Å². The first kappa shape index (κ1) is 15.3. The van der Waals surface area contributed by atoms with Crippen LogP contribution in [-0.4, -0.2) is 31.8 Å². The van der Waals surface area contributed by atoms with Gasteiger partial charge >= 0.3 is 5.97 Å². The number of benzene rings is 2. The SMILES string of the molecule is CCS(=O)(=O)N(CCC(=O)O)c1ccc2ccccc2c1. The van der Waals surface area contributed by atoms with Crippen LogP contribution in [0.5, 0.6) is 0 Å². The van der Waals surface area contributed by atoms with Crippen molar-refractivity contribution in [3.63, 3.8) is 0 Å². The van der Waals surface area contributed by atoms with E-state index in [1.54, 1.807) is 19.1 Å². The fourth-order valence-electron chi connectivity index (χ4n) is 2.11. The standard InChI is InChI=1S/C15H17NO4S/c1-2-21(19,20)16(10-9-15(17)18)14-8-7-12-5-3-4-6-13(12)11-14/h3-8,11H,2,9-10H2,1H3,(H,17,18). The Bertz CT molecular complexity index is 755. The summed E-state index contributed by atoms with van der Waals surface area (Å²) >= 11 is 0. The fraction of sp³-hybridized carbons (Fsp3) is 0.267. The zero-order valence-corrected chi connectivity index (χ0v) is 12.5. The minimum Gasteiger partial charge on any atom is -0.481 e. The highest BCUT2D eigenvalue weighted by atomic mass is 32.2. The molecule has 0 aromatic heterocycles. The molecule has 1 N–H and O–H groups in total. The molecular formula is C15H17NO4S. The number of aliphatic carboxylic acids is 1. The van der Waals surface area contributed by atoms with Gasteiger partial charge in [0.1, 0.15) is 0 Å². The van der Waals surface area contributed by atoms with E-state index in [1.807, 2.05) is 30.3 Å². The third-order valence-corrected chi connectivity index (χ3v) is 5.04. The average Bonchev–Trinajstić information content (AvgIpc) is 2.46. The minimum absolute atomic E-state index is 0.0656. The first-order valence-corrected chi connectivity index (χ1v) is 8.26. The molecule has 6 heteroatoms. The molecule has 0 fully saturated rings. The molecule has 0 amide bonds. The monoisotopic (exact) mass is 307 g/mol. The number of carbonyl (C=O) groups is 1. The molecule has 2 aromatic rings. The summed E-state index contributed by atoms with van der Waals surface area (Å²) in [5, 5.41) is 10.7. The number of carboxylic acid groups (broad SMARTS) is 1. The second-order valence-corrected chi connectivity index (χ2v) is 6.83. The maximum Gasteiger partial charge on any atom is 0.305 e. The van der Waals surface area contributed by atoms with Crippen LogP contribution in [0.1, 0.15) is 13.3 Å². The molecule has 0 saturated carbocycles. The molecule has 2 aromatic carbocycles. The lowest BCUT2D eigenvalue weighted by molar-refractivity contribution is -0.136. The Balaban J connectivity index is 2.44. The van der Waals surface area contributed by atoms with Gasteiger partial charge in [0.05, 0.1) is 17.9 Å². The van der Waals surface area contributed by atoms with Crippen molar-refractivity contribution < 1.29 is 18.3 Å². The summed E-state index contributed by atoms with van der Waals surface area (Å²) in [5.74, 6) is -1.09. The number of anilines is 1. The van der Waals surface area contributed by atoms with Crippen molar-refractivity contribution in [2.24, 2.45) is 0 Å². The number of sulfonamides is 1. The molecule has 0 aliphatic rings. The van der Waals surface area contributed by atoms with E-state index in [0.717, 1.165) is 10.8 Å². The lowest BCUT2D eigenvalue weighted by atomic mass is 10.1. The van der Waals surface area contributed by atoms with Crippen molar-refractivity contribution in [1.82, 2.24) is 0 Å². The zero-order valence-electron chi connectivity index (χ0n) is 11.7. The molecule has 112 valence electrons. The van der Waals surface area contributed by atoms with Gasteiger partial charge in [0.25, 0.3) is 0 Å². The molecule has 0 heterocycles. The number of hydrogen-bond donors (Lipinski definition) is 1. The van der Waals surface area contributed by atoms with Crippen LogP contribution >= 0.6 is 0 Å². The third kappa shape index (κ3) is 3.52. The lowest BCUT2D eigenvalue weighted by Crippen LogP contribution is -2.34. The quantitative estimate of drug-likeness (QED) is 0.889. The first-order valence-electron chi connectivity index (χ1n) is 6.65. The van der Waals surface area contributed by atoms with Crippen LogP contribution < -0.4 is 4.31 Å². The number of rotatable bonds is 6. The number of nitrogens with zero attached hydrogens (tertiary/aromatic N) is 1. The van der Waals surface area contributed by atoms with Crippen LogP contribution in [-0.2, 0) is 14.8 Å². The van der Waals surface area contributed by atoms with Gasteiger partial charge in [0.15, 0.2) is 0 Å². The van der Waals surface area contributed by atoms with Crippen molar-refractivity contribution in [2.75, 3.05) is 16.6 Å². The number of hydrogen-bond acceptors (Lipinski definition) is 3. The molecule has 0 unspecified atom stereocenters. The van der Waals surface area contributed by atoms with Gasteiger partial charge in [-0.05, 0) is 29.8 Å². The Morgan fingerprint density at radius 1 is 1.14 bits per heavy atom. The summed E-state index contributed by atoms with van der Waals surface area (Å²) in [4.78, 5) is 10.7. The molecule has 0 spiro atoms. The summed E-state index contributed by atoms with van der Waals surface area (Å²) in [6.07, 6.45) is -0.230. The van der Waals surface area contributed by atoms with E-state index in [1.165, 1.54) is 4.31 Å². The van der Waals surface area contributed by atoms with Gasteiger partial charge in [0, 0.05) is 6.54 Å². The number of fused-ring (bicyclic) bond motifs is 1. The second kappa shape index (κ2) is 6.13. The Morgan fingerprint density at radius 3 is 2.43 bits per heavy atom. The van der Waals surface area contributed by atoms with Crippen molar-refractivity contribution in [2.45, 2.75) is 13.3 Å². The van der Waals surface area contributed by atoms with Crippen molar-refractivity contribution >= 4 is 32.5 Å². The van der Waals surface area contributed by atoms with Crippen molar-refractivity contribution in [1.29, 1.82) is 0 Å². The average molecular weight is 307 g/mol. The highest BCUT2D eigenvalue weighted by Gasteiger charge is 2.21. The summed E-state index contributed by atoms with van der Waals surface area (Å²) < 4.78 is 25.5. The molecule has 5 nitrogen and oxygen atoms in total. The van der Waals surface area contributed by atoms with Crippen LogP contribution in [0.15, 0.2) is 42.5 Å². The normalized spacial score (nSPS) is 11.5. The van der Waals surface area contributed by atoms with E-state index in [-0.39, 0.29) is 18.7 Å². The summed E-state index contributed by atoms with van der Waals surface area (Å²) in [6, 6.07) is 12.9. The summed E-state index contributed by atoms with van der Waals surface area (Å²) in [5.41, 5.74) is 0.497. The largest absolute Gasteiger partial charge is 0.481 e. The Labute approximate surface area is 123 Å². The third-order valence-electron chi connectivity index (χ3n) is 3.25. The molecule has 0 radical (unpaired) electrons. The van der Waals surface area contributed by atoms with Gasteiger partial charge < -0.3 is 5.11 Å². The molecular weight excluding hydrogens is 290 g/mol. The van der Waals surface area contributed by atoms with Gasteiger partial charge in [-0.25, -0.2) is 8.42 Å². The van der Waals surface area contributed by atoms with Crippen LogP contribution in [0.4, 0.5) is 5.69 Å². The van der Waals surface area contributed by atoms with E-state index in [2.05, 4.69) is 0 Å². The molecule has 0 atom stereocenters. The van der Waals surface area contributed by atoms with Crippen molar-refractivity contribution in [3.8, 4) is 0 Å². The predicted molar refractivity (Wildman–Crippen MR) is 83.0 cm³/mol. The molecule has 0 saturated heterocycles. The topological polar surface area (TPSA) is 74.7 Å². The van der Waals surface area contributed by atoms with Crippen LogP contribution in [0, 0.1) is 0 Å². The predicted octanol–water partition coefficient (Wildman–Crippen LogP) is 2.47. The van der Waals surface area contributed by atoms with Crippen LogP contribution in [0.3, 0.4) is 0 Å². The van der Waals surface area contributed by atoms with Gasteiger partial charge in [-0.15, -0.1) is 0 Å². The smallest absolute Gasteiger partial charge is 0.305 e. The van der Waals surface area contributed by atoms with E-state index in [0.29, 0.717) is 5.69 Å². The Kier molecular flexibility index (Phi) is 4.47. The van der Waals surface area contributed by atoms with Gasteiger partial charge in [-0.3, -0.25) is 9.10 Å². The maximum atomic E-state index is 12.2. The second-order valence-electron chi connectivity index (χ2n) is 4.65. The molecule has 0 aliphatic carbocycles. The minimum atomic E-state index is -3.51. The Morgan fingerprint density at radius 2 is 1.81 bits per heavy atom. The molecule has 0 aliphatic heterocycles. The maximum absolute atomic E-state index is 12.2. The van der Waals surface area contributed by atoms with Gasteiger partial charge in [0.2, 0.25) is 10.0 Å². The van der Waals surface area contributed by atoms with E-state index in [4.69, 9.17) is 5.11 Å². The van der Waals surface area contributed by atoms with Crippen molar-refractivity contribution in [3.05, 3.63) is 42.5 Å². The summed E-state index contributed by atoms with van der Waals surface area (Å²) in [7, 11) is -3.51. The van der Waals surface area contributed by atoms with E-state index < -0.39 is 16.0 Å². The van der Waals surface area contributed by atoms with Gasteiger partial charge in [-0.2, -0.15) is 0 Å². The first-order chi connectivity index (χ1) is 9.94. The summed E-state index contributed by atoms with van der Waals surface area (Å²) in [6.45, 7) is 1.48. The molecule has 0 bridgehead atoms. The molecule has 21 heavy (non-hydrogen) atoms. The van der Waals surface area contributed by atoms with E-state index >= 15 is 0 Å². The zero-order chi connectivity index (χ0) is 15.5. The number of carboxylic acids is 1. The van der Waals surface area contributed by atoms with Crippen LogP contribution in [0.2, 0.25) is 0 Å². The highest BCUT2D eigenvalue weighted by Crippen LogP contribution is 2.24. The molecule has 2 rings (SSSR count). The lowest BCUT2D eigenvalue weighted by Gasteiger charge is -2.23. The van der Waals surface area contributed by atoms with Crippen LogP contribution in [0.25, 0.3) is 10.8 Å². The highest BCUT2D eigenvalue weighted by molar-refractivity contribution is 7.92. The Hall–Kier alpha value is -2.08.